The number of thioether (sulfide) groups is 1. The van der Waals surface area contributed by atoms with E-state index in [1.807, 2.05) is 14.1 Å². The maximum atomic E-state index is 5.69. The first-order valence-corrected chi connectivity index (χ1v) is 8.25. The third-order valence-electron chi connectivity index (χ3n) is 2.40. The summed E-state index contributed by atoms with van der Waals surface area (Å²) in [6.07, 6.45) is 0. The van der Waals surface area contributed by atoms with Crippen LogP contribution in [0.2, 0.25) is 0 Å². The van der Waals surface area contributed by atoms with Crippen LogP contribution in [0.3, 0.4) is 0 Å². The third kappa shape index (κ3) is 4.93. The number of nitrogens with two attached hydrogens (primary N) is 1. The van der Waals surface area contributed by atoms with Crippen molar-refractivity contribution in [3.8, 4) is 0 Å². The van der Waals surface area contributed by atoms with Crippen LogP contribution in [0.15, 0.2) is 4.34 Å². The molecule has 0 aromatic carbocycles. The van der Waals surface area contributed by atoms with Crippen LogP contribution in [0, 0.1) is 0 Å². The first-order valence-electron chi connectivity index (χ1n) is 6.45. The minimum atomic E-state index is 0.216. The van der Waals surface area contributed by atoms with Gasteiger partial charge < -0.3 is 20.7 Å². The Morgan fingerprint density at radius 1 is 1.27 bits per heavy atom. The Morgan fingerprint density at radius 3 is 2.82 bits per heavy atom. The van der Waals surface area contributed by atoms with Crippen LogP contribution >= 0.6 is 23.1 Å². The fraction of sp³-hybridized carbons (Fsp3) is 0.545. The monoisotopic (exact) mass is 342 g/mol. The summed E-state index contributed by atoms with van der Waals surface area (Å²) in [5, 5.41) is 12.1. The summed E-state index contributed by atoms with van der Waals surface area (Å²) in [5.41, 5.74) is 5.69. The number of methoxy groups -OCH3 is 1. The number of hydrogen-bond acceptors (Lipinski definition) is 11. The van der Waals surface area contributed by atoms with Gasteiger partial charge in [0.15, 0.2) is 4.34 Å². The summed E-state index contributed by atoms with van der Waals surface area (Å²) in [6, 6.07) is 0. The fourth-order valence-corrected chi connectivity index (χ4v) is 3.05. The van der Waals surface area contributed by atoms with Crippen molar-refractivity contribution in [2.45, 2.75) is 10.1 Å². The predicted octanol–water partition coefficient (Wildman–Crippen LogP) is 0.722. The first kappa shape index (κ1) is 16.6. The van der Waals surface area contributed by atoms with Crippen molar-refractivity contribution in [3.05, 3.63) is 5.82 Å². The zero-order valence-electron chi connectivity index (χ0n) is 12.6. The molecule has 2 aromatic rings. The van der Waals surface area contributed by atoms with E-state index < -0.39 is 0 Å². The summed E-state index contributed by atoms with van der Waals surface area (Å²) in [6.45, 7) is 1.32. The van der Waals surface area contributed by atoms with Crippen molar-refractivity contribution in [2.24, 2.45) is 0 Å². The van der Waals surface area contributed by atoms with Crippen LogP contribution < -0.4 is 16.0 Å². The van der Waals surface area contributed by atoms with Crippen LogP contribution in [0.1, 0.15) is 5.82 Å². The molecule has 0 atom stereocenters. The van der Waals surface area contributed by atoms with Gasteiger partial charge in [-0.1, -0.05) is 23.1 Å². The predicted molar refractivity (Wildman–Crippen MR) is 88.4 cm³/mol. The maximum Gasteiger partial charge on any atom is 0.229 e. The molecule has 9 nitrogen and oxygen atoms in total. The minimum absolute atomic E-state index is 0.216. The van der Waals surface area contributed by atoms with Crippen molar-refractivity contribution in [3.63, 3.8) is 0 Å². The third-order valence-corrected chi connectivity index (χ3v) is 4.41. The normalized spacial score (nSPS) is 10.7. The van der Waals surface area contributed by atoms with Crippen molar-refractivity contribution in [2.75, 3.05) is 50.3 Å². The van der Waals surface area contributed by atoms with Crippen LogP contribution in [0.5, 0.6) is 0 Å². The molecule has 0 radical (unpaired) electrons. The van der Waals surface area contributed by atoms with E-state index in [4.69, 9.17) is 10.5 Å². The van der Waals surface area contributed by atoms with Crippen molar-refractivity contribution in [1.29, 1.82) is 0 Å². The van der Waals surface area contributed by atoms with Gasteiger partial charge in [0.2, 0.25) is 17.0 Å². The summed E-state index contributed by atoms with van der Waals surface area (Å²) in [4.78, 5) is 14.3. The van der Waals surface area contributed by atoms with Crippen molar-refractivity contribution in [1.82, 2.24) is 25.1 Å². The number of nitrogen functional groups attached to an aromatic ring is 1. The van der Waals surface area contributed by atoms with E-state index in [0.29, 0.717) is 30.7 Å². The quantitative estimate of drug-likeness (QED) is 0.525. The van der Waals surface area contributed by atoms with Gasteiger partial charge in [0.1, 0.15) is 5.82 Å². The van der Waals surface area contributed by atoms with Crippen molar-refractivity contribution >= 4 is 40.1 Å². The SMILES string of the molecule is COCCNc1nnc(SCc2nc(N)nc(N(C)C)n2)s1. The Bertz CT molecular complexity index is 606. The lowest BCUT2D eigenvalue weighted by Gasteiger charge is -2.10. The van der Waals surface area contributed by atoms with Crippen molar-refractivity contribution < 1.29 is 4.74 Å². The van der Waals surface area contributed by atoms with Gasteiger partial charge in [-0.15, -0.1) is 10.2 Å². The number of nitrogens with one attached hydrogen (secondary N) is 1. The van der Waals surface area contributed by atoms with Gasteiger partial charge >= 0.3 is 0 Å². The Labute approximate surface area is 136 Å². The first-order chi connectivity index (χ1) is 10.6. The average Bonchev–Trinajstić information content (AvgIpc) is 2.93. The van der Waals surface area contributed by atoms with Crippen LogP contribution in [0.25, 0.3) is 0 Å². The second kappa shape index (κ2) is 8.06. The average molecular weight is 342 g/mol. The molecular weight excluding hydrogens is 324 g/mol. The molecule has 0 unspecified atom stereocenters. The molecule has 0 aliphatic rings. The van der Waals surface area contributed by atoms with Gasteiger partial charge in [0, 0.05) is 27.7 Å². The molecule has 2 heterocycles. The number of anilines is 3. The minimum Gasteiger partial charge on any atom is -0.383 e. The van der Waals surface area contributed by atoms with Gasteiger partial charge in [-0.2, -0.15) is 15.0 Å². The molecule has 0 saturated heterocycles. The van der Waals surface area contributed by atoms with E-state index in [9.17, 15) is 0 Å². The summed E-state index contributed by atoms with van der Waals surface area (Å²) in [5.74, 6) is 1.93. The fourth-order valence-electron chi connectivity index (χ4n) is 1.42. The highest BCUT2D eigenvalue weighted by atomic mass is 32.2. The molecule has 22 heavy (non-hydrogen) atoms. The number of rotatable bonds is 8. The zero-order valence-corrected chi connectivity index (χ0v) is 14.2. The topological polar surface area (TPSA) is 115 Å². The molecule has 0 fully saturated rings. The molecule has 0 bridgehead atoms. The van der Waals surface area contributed by atoms with E-state index in [1.165, 1.54) is 23.1 Å². The van der Waals surface area contributed by atoms with Gasteiger partial charge in [-0.25, -0.2) is 0 Å². The summed E-state index contributed by atoms with van der Waals surface area (Å²) < 4.78 is 5.81. The molecule has 0 saturated carbocycles. The van der Waals surface area contributed by atoms with E-state index in [0.717, 1.165) is 9.47 Å². The lowest BCUT2D eigenvalue weighted by Crippen LogP contribution is -2.15. The lowest BCUT2D eigenvalue weighted by molar-refractivity contribution is 0.211. The van der Waals surface area contributed by atoms with Gasteiger partial charge in [0.05, 0.1) is 12.4 Å². The van der Waals surface area contributed by atoms with Crippen LogP contribution in [0.4, 0.5) is 17.0 Å². The second-order valence-corrected chi connectivity index (χ2v) is 6.59. The summed E-state index contributed by atoms with van der Waals surface area (Å²) in [7, 11) is 5.37. The van der Waals surface area contributed by atoms with Gasteiger partial charge in [-0.05, 0) is 0 Å². The van der Waals surface area contributed by atoms with Crippen LogP contribution in [-0.2, 0) is 10.5 Å². The zero-order chi connectivity index (χ0) is 15.9. The molecule has 11 heteroatoms. The molecule has 0 amide bonds. The van der Waals surface area contributed by atoms with Crippen LogP contribution in [-0.4, -0.2) is 59.5 Å². The Kier molecular flexibility index (Phi) is 6.10. The standard InChI is InChI=1S/C11H18N8OS2/c1-19(2)9-15-7(14-8(12)16-9)6-21-11-18-17-10(22-11)13-4-5-20-3/h4-6H2,1-3H3,(H,13,17)(H2,12,14,15,16). The Hall–Kier alpha value is -1.72. The molecule has 3 N–H and O–H groups in total. The molecule has 0 aliphatic carbocycles. The second-order valence-electron chi connectivity index (χ2n) is 4.39. The Balaban J connectivity index is 1.92. The van der Waals surface area contributed by atoms with E-state index in [-0.39, 0.29) is 5.95 Å². The molecule has 0 spiro atoms. The van der Waals surface area contributed by atoms with Gasteiger partial charge in [-0.3, -0.25) is 0 Å². The molecule has 0 aliphatic heterocycles. The number of hydrogen-bond donors (Lipinski definition) is 2. The van der Waals surface area contributed by atoms with E-state index >= 15 is 0 Å². The largest absolute Gasteiger partial charge is 0.383 e. The highest BCUT2D eigenvalue weighted by Crippen LogP contribution is 2.27. The van der Waals surface area contributed by atoms with E-state index in [1.54, 1.807) is 12.0 Å². The number of nitrogens with zero attached hydrogens (tertiary/aromatic N) is 6. The highest BCUT2D eigenvalue weighted by Gasteiger charge is 2.09. The Morgan fingerprint density at radius 2 is 2.09 bits per heavy atom. The summed E-state index contributed by atoms with van der Waals surface area (Å²) >= 11 is 2.99. The van der Waals surface area contributed by atoms with E-state index in [2.05, 4.69) is 30.5 Å². The molecular formula is C11H18N8OS2. The number of aromatic nitrogens is 5. The molecule has 2 rings (SSSR count). The molecule has 2 aromatic heterocycles. The lowest BCUT2D eigenvalue weighted by atomic mass is 10.6. The smallest absolute Gasteiger partial charge is 0.229 e. The van der Waals surface area contributed by atoms with Gasteiger partial charge in [0.25, 0.3) is 0 Å². The highest BCUT2D eigenvalue weighted by molar-refractivity contribution is 8.00. The number of ether oxygens (including phenoxy) is 1. The maximum absolute atomic E-state index is 5.69. The molecule has 120 valence electrons.